The molecule has 2 saturated heterocycles. The Hall–Kier alpha value is -0.625. The Morgan fingerprint density at radius 1 is 1.58 bits per heavy atom. The van der Waals surface area contributed by atoms with Gasteiger partial charge in [0.15, 0.2) is 0 Å². The third kappa shape index (κ3) is 3.28. The fourth-order valence-electron chi connectivity index (χ4n) is 3.10. The van der Waals surface area contributed by atoms with Gasteiger partial charge in [0.1, 0.15) is 0 Å². The number of carbonyl (C=O) groups excluding carboxylic acids is 1. The highest BCUT2D eigenvalue weighted by atomic mass is 16.4. The van der Waals surface area contributed by atoms with Crippen LogP contribution >= 0.6 is 0 Å². The largest absolute Gasteiger partial charge is 0.475 e. The molecule has 1 amide bonds. The van der Waals surface area contributed by atoms with Gasteiger partial charge in [-0.15, -0.1) is 0 Å². The van der Waals surface area contributed by atoms with Gasteiger partial charge in [-0.1, -0.05) is 6.92 Å². The number of hydrogen-bond acceptors (Lipinski definition) is 5. The van der Waals surface area contributed by atoms with E-state index in [0.29, 0.717) is 13.0 Å². The number of hydrogen-bond donors (Lipinski definition) is 4. The average molecular weight is 269 g/mol. The molecule has 2 fully saturated rings. The summed E-state index contributed by atoms with van der Waals surface area (Å²) in [5.74, 6) is -0.469. The van der Waals surface area contributed by atoms with Crippen molar-refractivity contribution >= 4 is 13.0 Å². The highest BCUT2D eigenvalue weighted by molar-refractivity contribution is 6.43. The molecular weight excluding hydrogens is 245 g/mol. The zero-order chi connectivity index (χ0) is 13.9. The molecule has 2 aliphatic rings. The van der Waals surface area contributed by atoms with Crippen LogP contribution in [0.1, 0.15) is 32.6 Å². The van der Waals surface area contributed by atoms with Crippen LogP contribution in [0.4, 0.5) is 0 Å². The molecule has 0 unspecified atom stereocenters. The fourth-order valence-corrected chi connectivity index (χ4v) is 3.10. The minimum Gasteiger partial charge on any atom is -0.426 e. The summed E-state index contributed by atoms with van der Waals surface area (Å²) in [6, 6.07) is 0. The lowest BCUT2D eigenvalue weighted by molar-refractivity contribution is -0.130. The molecule has 4 N–H and O–H groups in total. The van der Waals surface area contributed by atoms with Crippen LogP contribution in [0, 0.1) is 0 Å². The number of amides is 1. The Kier molecular flexibility index (Phi) is 4.84. The van der Waals surface area contributed by atoms with Gasteiger partial charge in [0, 0.05) is 18.6 Å². The Morgan fingerprint density at radius 3 is 2.95 bits per heavy atom. The first-order chi connectivity index (χ1) is 9.08. The Bertz CT molecular complexity index is 321. The second-order valence-electron chi connectivity index (χ2n) is 5.62. The van der Waals surface area contributed by atoms with Crippen LogP contribution in [0.3, 0.4) is 0 Å². The monoisotopic (exact) mass is 269 g/mol. The first kappa shape index (κ1) is 14.8. The zero-order valence-corrected chi connectivity index (χ0v) is 11.6. The molecular formula is C12H24BN3O3. The molecule has 0 spiro atoms. The topological polar surface area (TPSA) is 84.8 Å². The van der Waals surface area contributed by atoms with Crippen LogP contribution in [-0.2, 0) is 4.79 Å². The van der Waals surface area contributed by atoms with E-state index in [-0.39, 0.29) is 18.0 Å². The maximum Gasteiger partial charge on any atom is 0.475 e. The number of carbonyl (C=O) groups is 1. The summed E-state index contributed by atoms with van der Waals surface area (Å²) < 4.78 is 0. The van der Waals surface area contributed by atoms with Crippen molar-refractivity contribution in [1.82, 2.24) is 15.5 Å². The van der Waals surface area contributed by atoms with Gasteiger partial charge < -0.3 is 25.6 Å². The molecule has 2 aliphatic heterocycles. The number of nitrogens with zero attached hydrogens (tertiary/aromatic N) is 1. The van der Waals surface area contributed by atoms with Crippen molar-refractivity contribution in [1.29, 1.82) is 0 Å². The van der Waals surface area contributed by atoms with Gasteiger partial charge in [-0.2, -0.15) is 0 Å². The van der Waals surface area contributed by atoms with Crippen LogP contribution in [0.15, 0.2) is 0 Å². The molecule has 2 atom stereocenters. The lowest BCUT2D eigenvalue weighted by Gasteiger charge is -2.30. The SMILES string of the molecule is CC[C@@]1(NCC(=O)N2CCC[C@H]2B(O)O)CCNC1. The molecule has 0 aromatic rings. The minimum atomic E-state index is -1.43. The van der Waals surface area contributed by atoms with Crippen LogP contribution in [-0.4, -0.2) is 65.6 Å². The second kappa shape index (κ2) is 6.22. The van der Waals surface area contributed by atoms with Crippen molar-refractivity contribution < 1.29 is 14.8 Å². The third-order valence-electron chi connectivity index (χ3n) is 4.50. The van der Waals surface area contributed by atoms with Crippen molar-refractivity contribution in [2.45, 2.75) is 44.1 Å². The van der Waals surface area contributed by atoms with Crippen molar-refractivity contribution in [3.05, 3.63) is 0 Å². The molecule has 2 rings (SSSR count). The summed E-state index contributed by atoms with van der Waals surface area (Å²) in [4.78, 5) is 13.8. The highest BCUT2D eigenvalue weighted by Gasteiger charge is 2.38. The molecule has 108 valence electrons. The first-order valence-electron chi connectivity index (χ1n) is 7.19. The standard InChI is InChI=1S/C12H24BN3O3/c1-2-12(5-6-14-9-12)15-8-11(17)16-7-3-4-10(16)13(18)19/h10,14-15,18-19H,2-9H2,1H3/t10-,12+/m0/s1. The summed E-state index contributed by atoms with van der Waals surface area (Å²) in [7, 11) is -1.43. The summed E-state index contributed by atoms with van der Waals surface area (Å²) in [5, 5.41) is 25.2. The number of rotatable bonds is 5. The lowest BCUT2D eigenvalue weighted by atomic mass is 9.78. The van der Waals surface area contributed by atoms with Crippen molar-refractivity contribution in [2.24, 2.45) is 0 Å². The molecule has 0 aromatic heterocycles. The van der Waals surface area contributed by atoms with E-state index in [1.807, 2.05) is 0 Å². The first-order valence-corrected chi connectivity index (χ1v) is 7.19. The number of nitrogens with one attached hydrogen (secondary N) is 2. The van der Waals surface area contributed by atoms with E-state index in [4.69, 9.17) is 0 Å². The molecule has 6 nitrogen and oxygen atoms in total. The van der Waals surface area contributed by atoms with Crippen LogP contribution < -0.4 is 10.6 Å². The van der Waals surface area contributed by atoms with Gasteiger partial charge in [-0.25, -0.2) is 0 Å². The third-order valence-corrected chi connectivity index (χ3v) is 4.50. The van der Waals surface area contributed by atoms with Crippen molar-refractivity contribution in [3.63, 3.8) is 0 Å². The van der Waals surface area contributed by atoms with Crippen LogP contribution in [0.2, 0.25) is 0 Å². The maximum atomic E-state index is 12.2. The van der Waals surface area contributed by atoms with Gasteiger partial charge in [-0.3, -0.25) is 4.79 Å². The van der Waals surface area contributed by atoms with Gasteiger partial charge in [0.05, 0.1) is 12.5 Å². The predicted octanol–water partition coefficient (Wildman–Crippen LogP) is -1.28. The molecule has 0 aromatic carbocycles. The molecule has 0 radical (unpaired) electrons. The normalized spacial score (nSPS) is 30.9. The average Bonchev–Trinajstić information content (AvgIpc) is 3.05. The second-order valence-corrected chi connectivity index (χ2v) is 5.62. The van der Waals surface area contributed by atoms with Crippen molar-refractivity contribution in [2.75, 3.05) is 26.2 Å². The summed E-state index contributed by atoms with van der Waals surface area (Å²) in [5.41, 5.74) is 0.0166. The van der Waals surface area contributed by atoms with E-state index in [0.717, 1.165) is 32.4 Å². The smallest absolute Gasteiger partial charge is 0.426 e. The van der Waals surface area contributed by atoms with E-state index in [2.05, 4.69) is 17.6 Å². The Balaban J connectivity index is 1.87. The maximum absolute atomic E-state index is 12.2. The number of likely N-dealkylation sites (tertiary alicyclic amines) is 1. The molecule has 19 heavy (non-hydrogen) atoms. The molecule has 7 heteroatoms. The van der Waals surface area contributed by atoms with Gasteiger partial charge in [-0.05, 0) is 32.2 Å². The quantitative estimate of drug-likeness (QED) is 0.467. The highest BCUT2D eigenvalue weighted by Crippen LogP contribution is 2.20. The zero-order valence-electron chi connectivity index (χ0n) is 11.6. The van der Waals surface area contributed by atoms with Gasteiger partial charge >= 0.3 is 7.12 Å². The van der Waals surface area contributed by atoms with Crippen LogP contribution in [0.5, 0.6) is 0 Å². The van der Waals surface area contributed by atoms with E-state index in [9.17, 15) is 14.8 Å². The fraction of sp³-hybridized carbons (Fsp3) is 0.917. The molecule has 0 aliphatic carbocycles. The van der Waals surface area contributed by atoms with E-state index < -0.39 is 13.1 Å². The summed E-state index contributed by atoms with van der Waals surface area (Å²) >= 11 is 0. The predicted molar refractivity (Wildman–Crippen MR) is 73.4 cm³/mol. The van der Waals surface area contributed by atoms with E-state index in [1.165, 1.54) is 0 Å². The lowest BCUT2D eigenvalue weighted by Crippen LogP contribution is -2.53. The van der Waals surface area contributed by atoms with Gasteiger partial charge in [0.2, 0.25) is 5.91 Å². The Labute approximate surface area is 114 Å². The van der Waals surface area contributed by atoms with Gasteiger partial charge in [0.25, 0.3) is 0 Å². The van der Waals surface area contributed by atoms with Crippen molar-refractivity contribution in [3.8, 4) is 0 Å². The summed E-state index contributed by atoms with van der Waals surface area (Å²) in [6.45, 7) is 4.90. The molecule has 2 heterocycles. The molecule has 0 saturated carbocycles. The molecule has 0 bridgehead atoms. The minimum absolute atomic E-state index is 0.0166. The van der Waals surface area contributed by atoms with Crippen LogP contribution in [0.25, 0.3) is 0 Å². The van der Waals surface area contributed by atoms with E-state index in [1.54, 1.807) is 4.90 Å². The Morgan fingerprint density at radius 2 is 2.37 bits per heavy atom. The summed E-state index contributed by atoms with van der Waals surface area (Å²) in [6.07, 6.45) is 3.53. The van der Waals surface area contributed by atoms with E-state index >= 15 is 0 Å².